The third-order valence-electron chi connectivity index (χ3n) is 1.90. The zero-order valence-corrected chi connectivity index (χ0v) is 9.66. The van der Waals surface area contributed by atoms with E-state index in [1.807, 2.05) is 6.92 Å². The van der Waals surface area contributed by atoms with E-state index < -0.39 is 0 Å². The molecule has 1 aromatic heterocycles. The highest BCUT2D eigenvalue weighted by Crippen LogP contribution is 2.23. The van der Waals surface area contributed by atoms with E-state index in [0.717, 1.165) is 34.8 Å². The first-order valence-electron chi connectivity index (χ1n) is 4.60. The van der Waals surface area contributed by atoms with Crippen LogP contribution in [0.3, 0.4) is 0 Å². The molecular weight excluding hydrogens is 218 g/mol. The number of aryl methyl sites for hydroxylation is 1. The van der Waals surface area contributed by atoms with Gasteiger partial charge >= 0.3 is 0 Å². The number of aromatic nitrogens is 2. The molecule has 78 valence electrons. The number of rotatable bonds is 3. The van der Waals surface area contributed by atoms with E-state index in [0.29, 0.717) is 6.10 Å². The predicted molar refractivity (Wildman–Crippen MR) is 58.0 cm³/mol. The topological polar surface area (TPSA) is 47.0 Å². The van der Waals surface area contributed by atoms with Crippen LogP contribution in [0.15, 0.2) is 4.34 Å². The average molecular weight is 231 g/mol. The van der Waals surface area contributed by atoms with Crippen LogP contribution in [0.5, 0.6) is 0 Å². The molecule has 0 aliphatic carbocycles. The SMILES string of the molecule is Cc1nnc(SCC2CNCCO2)s1. The van der Waals surface area contributed by atoms with E-state index in [2.05, 4.69) is 15.5 Å². The quantitative estimate of drug-likeness (QED) is 0.784. The van der Waals surface area contributed by atoms with Crippen LogP contribution in [-0.2, 0) is 4.74 Å². The van der Waals surface area contributed by atoms with E-state index >= 15 is 0 Å². The number of ether oxygens (including phenoxy) is 1. The van der Waals surface area contributed by atoms with Gasteiger partial charge in [0.2, 0.25) is 0 Å². The van der Waals surface area contributed by atoms with Gasteiger partial charge in [0.25, 0.3) is 0 Å². The van der Waals surface area contributed by atoms with Crippen LogP contribution in [0.2, 0.25) is 0 Å². The summed E-state index contributed by atoms with van der Waals surface area (Å²) in [5.41, 5.74) is 0. The molecule has 4 nitrogen and oxygen atoms in total. The molecule has 1 unspecified atom stereocenters. The van der Waals surface area contributed by atoms with Gasteiger partial charge in [0.15, 0.2) is 4.34 Å². The molecule has 1 saturated heterocycles. The maximum absolute atomic E-state index is 5.58. The summed E-state index contributed by atoms with van der Waals surface area (Å²) in [6, 6.07) is 0. The number of hydrogen-bond donors (Lipinski definition) is 1. The van der Waals surface area contributed by atoms with Gasteiger partial charge in [-0.2, -0.15) is 0 Å². The molecule has 2 heterocycles. The lowest BCUT2D eigenvalue weighted by Crippen LogP contribution is -2.39. The fraction of sp³-hybridized carbons (Fsp3) is 0.750. The second-order valence-corrected chi connectivity index (χ2v) is 5.54. The van der Waals surface area contributed by atoms with E-state index in [4.69, 9.17) is 4.74 Å². The summed E-state index contributed by atoms with van der Waals surface area (Å²) in [4.78, 5) is 0. The summed E-state index contributed by atoms with van der Waals surface area (Å²) in [5, 5.41) is 12.4. The minimum atomic E-state index is 0.318. The highest BCUT2D eigenvalue weighted by atomic mass is 32.2. The van der Waals surface area contributed by atoms with Gasteiger partial charge in [-0.15, -0.1) is 10.2 Å². The number of morpholine rings is 1. The largest absolute Gasteiger partial charge is 0.375 e. The van der Waals surface area contributed by atoms with Crippen LogP contribution in [0.1, 0.15) is 5.01 Å². The highest BCUT2D eigenvalue weighted by molar-refractivity contribution is 8.01. The number of nitrogens with one attached hydrogen (secondary N) is 1. The summed E-state index contributed by atoms with van der Waals surface area (Å²) in [7, 11) is 0. The van der Waals surface area contributed by atoms with Gasteiger partial charge < -0.3 is 10.1 Å². The van der Waals surface area contributed by atoms with Crippen LogP contribution >= 0.6 is 23.1 Å². The predicted octanol–water partition coefficient (Wildman–Crippen LogP) is 0.927. The van der Waals surface area contributed by atoms with Crippen molar-refractivity contribution in [3.8, 4) is 0 Å². The maximum Gasteiger partial charge on any atom is 0.174 e. The van der Waals surface area contributed by atoms with Crippen LogP contribution < -0.4 is 5.32 Å². The van der Waals surface area contributed by atoms with Gasteiger partial charge in [-0.1, -0.05) is 23.1 Å². The molecule has 2 rings (SSSR count). The zero-order valence-electron chi connectivity index (χ0n) is 8.02. The first-order chi connectivity index (χ1) is 6.84. The monoisotopic (exact) mass is 231 g/mol. The molecule has 0 radical (unpaired) electrons. The number of thioether (sulfide) groups is 1. The smallest absolute Gasteiger partial charge is 0.174 e. The lowest BCUT2D eigenvalue weighted by molar-refractivity contribution is 0.0441. The van der Waals surface area contributed by atoms with Crippen molar-refractivity contribution in [2.45, 2.75) is 17.4 Å². The fourth-order valence-corrected chi connectivity index (χ4v) is 3.09. The van der Waals surface area contributed by atoms with Crippen molar-refractivity contribution < 1.29 is 4.74 Å². The van der Waals surface area contributed by atoms with Crippen LogP contribution in [0, 0.1) is 6.92 Å². The van der Waals surface area contributed by atoms with Crippen molar-refractivity contribution in [3.05, 3.63) is 5.01 Å². The van der Waals surface area contributed by atoms with E-state index in [-0.39, 0.29) is 0 Å². The Morgan fingerprint density at radius 2 is 2.57 bits per heavy atom. The Hall–Kier alpha value is -0.170. The molecule has 1 aromatic rings. The van der Waals surface area contributed by atoms with Gasteiger partial charge in [-0.05, 0) is 6.92 Å². The fourth-order valence-electron chi connectivity index (χ4n) is 1.23. The third kappa shape index (κ3) is 2.91. The molecule has 1 N–H and O–H groups in total. The Balaban J connectivity index is 1.76. The van der Waals surface area contributed by atoms with Crippen LogP contribution in [-0.4, -0.2) is 41.8 Å². The maximum atomic E-state index is 5.58. The normalized spacial score (nSPS) is 22.5. The lowest BCUT2D eigenvalue weighted by Gasteiger charge is -2.22. The van der Waals surface area contributed by atoms with Crippen molar-refractivity contribution in [2.75, 3.05) is 25.4 Å². The standard InChI is InChI=1S/C8H13N3OS2/c1-6-10-11-8(14-6)13-5-7-4-9-2-3-12-7/h7,9H,2-5H2,1H3. The molecule has 1 atom stereocenters. The molecule has 0 spiro atoms. The molecule has 0 saturated carbocycles. The molecule has 1 aliphatic heterocycles. The zero-order chi connectivity index (χ0) is 9.80. The Labute approximate surface area is 91.4 Å². The molecule has 1 aliphatic rings. The molecule has 0 bridgehead atoms. The summed E-state index contributed by atoms with van der Waals surface area (Å²) in [6.07, 6.45) is 0.318. The van der Waals surface area contributed by atoms with E-state index in [9.17, 15) is 0 Å². The molecule has 6 heteroatoms. The second-order valence-electron chi connectivity index (χ2n) is 3.09. The summed E-state index contributed by atoms with van der Waals surface area (Å²) >= 11 is 3.37. The summed E-state index contributed by atoms with van der Waals surface area (Å²) < 4.78 is 6.62. The minimum Gasteiger partial charge on any atom is -0.375 e. The molecular formula is C8H13N3OS2. The van der Waals surface area contributed by atoms with Gasteiger partial charge in [-0.25, -0.2) is 0 Å². The van der Waals surface area contributed by atoms with Gasteiger partial charge in [0.1, 0.15) is 5.01 Å². The Morgan fingerprint density at radius 1 is 1.64 bits per heavy atom. The van der Waals surface area contributed by atoms with Crippen molar-refractivity contribution >= 4 is 23.1 Å². The van der Waals surface area contributed by atoms with Crippen molar-refractivity contribution in [2.24, 2.45) is 0 Å². The third-order valence-corrected chi connectivity index (χ3v) is 4.01. The van der Waals surface area contributed by atoms with Crippen LogP contribution in [0.25, 0.3) is 0 Å². The van der Waals surface area contributed by atoms with Crippen molar-refractivity contribution in [3.63, 3.8) is 0 Å². The highest BCUT2D eigenvalue weighted by Gasteiger charge is 2.14. The lowest BCUT2D eigenvalue weighted by atomic mass is 10.3. The van der Waals surface area contributed by atoms with E-state index in [1.54, 1.807) is 23.1 Å². The Bertz CT molecular complexity index is 286. The van der Waals surface area contributed by atoms with Crippen LogP contribution in [0.4, 0.5) is 0 Å². The average Bonchev–Trinajstić information content (AvgIpc) is 2.63. The number of hydrogen-bond acceptors (Lipinski definition) is 6. The second kappa shape index (κ2) is 5.06. The Kier molecular flexibility index (Phi) is 3.74. The van der Waals surface area contributed by atoms with E-state index in [1.165, 1.54) is 0 Å². The van der Waals surface area contributed by atoms with Crippen molar-refractivity contribution in [1.29, 1.82) is 0 Å². The van der Waals surface area contributed by atoms with Gasteiger partial charge in [0, 0.05) is 18.8 Å². The van der Waals surface area contributed by atoms with Gasteiger partial charge in [0.05, 0.1) is 12.7 Å². The van der Waals surface area contributed by atoms with Crippen molar-refractivity contribution in [1.82, 2.24) is 15.5 Å². The molecule has 1 fully saturated rings. The summed E-state index contributed by atoms with van der Waals surface area (Å²) in [6.45, 7) is 4.71. The summed E-state index contributed by atoms with van der Waals surface area (Å²) in [5.74, 6) is 0.960. The molecule has 0 amide bonds. The number of nitrogens with zero attached hydrogens (tertiary/aromatic N) is 2. The molecule has 0 aromatic carbocycles. The minimum absolute atomic E-state index is 0.318. The first-order valence-corrected chi connectivity index (χ1v) is 6.40. The Morgan fingerprint density at radius 3 is 3.21 bits per heavy atom. The first kappa shape index (κ1) is 10.4. The van der Waals surface area contributed by atoms with Gasteiger partial charge in [-0.3, -0.25) is 0 Å². The molecule has 14 heavy (non-hydrogen) atoms.